The minimum Gasteiger partial charge on any atom is -0.496 e. The van der Waals surface area contributed by atoms with E-state index in [-0.39, 0.29) is 22.0 Å². The molecule has 0 bridgehead atoms. The number of carbonyl (C=O) groups is 2. The zero-order valence-corrected chi connectivity index (χ0v) is 28.8. The molecule has 10 nitrogen and oxygen atoms in total. The summed E-state index contributed by atoms with van der Waals surface area (Å²) in [6.45, 7) is 3.11. The molecule has 2 saturated heterocycles. The summed E-state index contributed by atoms with van der Waals surface area (Å²) in [5, 5.41) is 0.954. The summed E-state index contributed by atoms with van der Waals surface area (Å²) in [5.74, 6) is -0.468. The fraction of sp³-hybridized carbons (Fsp3) is 0.361. The first-order valence-electron chi connectivity index (χ1n) is 16.2. The van der Waals surface area contributed by atoms with Gasteiger partial charge >= 0.3 is 0 Å². The first-order valence-corrected chi connectivity index (χ1v) is 18.0. The number of sulfonamides is 1. The summed E-state index contributed by atoms with van der Waals surface area (Å²) in [5.41, 5.74) is 0.514. The van der Waals surface area contributed by atoms with Crippen LogP contribution >= 0.6 is 11.6 Å². The van der Waals surface area contributed by atoms with Crippen molar-refractivity contribution in [2.45, 2.75) is 48.7 Å². The maximum atomic E-state index is 15.6. The second-order valence-corrected chi connectivity index (χ2v) is 15.1. The van der Waals surface area contributed by atoms with Crippen LogP contribution in [-0.4, -0.2) is 86.8 Å². The minimum absolute atomic E-state index is 0.0964. The Morgan fingerprint density at radius 3 is 2.52 bits per heavy atom. The monoisotopic (exact) mass is 687 g/mol. The van der Waals surface area contributed by atoms with Crippen LogP contribution in [0.15, 0.2) is 77.8 Å². The molecule has 3 aliphatic heterocycles. The number of hydrogen-bond acceptors (Lipinski definition) is 8. The number of para-hydroxylation sites is 1. The molecule has 3 aliphatic rings. The highest BCUT2D eigenvalue weighted by Gasteiger charge is 2.63. The van der Waals surface area contributed by atoms with E-state index in [2.05, 4.69) is 9.88 Å². The van der Waals surface area contributed by atoms with Gasteiger partial charge in [-0.25, -0.2) is 12.7 Å². The summed E-state index contributed by atoms with van der Waals surface area (Å²) in [6, 6.07) is 18.3. The third kappa shape index (κ3) is 5.06. The summed E-state index contributed by atoms with van der Waals surface area (Å²) in [6.07, 6.45) is 4.96. The summed E-state index contributed by atoms with van der Waals surface area (Å²) in [7, 11) is 0.381. The van der Waals surface area contributed by atoms with Gasteiger partial charge in [0.15, 0.2) is 5.54 Å². The molecule has 1 aromatic heterocycles. The molecule has 2 fully saturated rings. The first-order chi connectivity index (χ1) is 23.1. The molecule has 0 radical (unpaired) electrons. The van der Waals surface area contributed by atoms with Crippen molar-refractivity contribution in [2.75, 3.05) is 45.1 Å². The number of ether oxygens (including phenoxy) is 1. The van der Waals surface area contributed by atoms with Crippen LogP contribution in [0.3, 0.4) is 0 Å². The molecule has 2 atom stereocenters. The van der Waals surface area contributed by atoms with E-state index in [0.29, 0.717) is 46.7 Å². The Labute approximate surface area is 285 Å². The highest BCUT2D eigenvalue weighted by atomic mass is 35.5. The van der Waals surface area contributed by atoms with Gasteiger partial charge in [0.2, 0.25) is 5.91 Å². The maximum Gasteiger partial charge on any atom is 0.273 e. The normalized spacial score (nSPS) is 21.6. The topological polar surface area (TPSA) is 103 Å². The Bertz CT molecular complexity index is 2030. The van der Waals surface area contributed by atoms with Gasteiger partial charge in [-0.3, -0.25) is 24.4 Å². The highest BCUT2D eigenvalue weighted by molar-refractivity contribution is 7.93. The zero-order valence-electron chi connectivity index (χ0n) is 27.2. The predicted octanol–water partition coefficient (Wildman–Crippen LogP) is 5.02. The molecule has 2 amide bonds. The maximum absolute atomic E-state index is 15.6. The Balaban J connectivity index is 1.49. The molecule has 4 aromatic rings. The van der Waals surface area contributed by atoms with Crippen LogP contribution in [0.25, 0.3) is 10.9 Å². The number of anilines is 1. The Morgan fingerprint density at radius 1 is 1.00 bits per heavy atom. The Morgan fingerprint density at radius 2 is 1.77 bits per heavy atom. The van der Waals surface area contributed by atoms with E-state index < -0.39 is 27.5 Å². The number of rotatable bonds is 8. The molecule has 250 valence electrons. The number of pyridine rings is 1. The van der Waals surface area contributed by atoms with E-state index in [0.717, 1.165) is 42.3 Å². The number of carbonyl (C=O) groups excluding carboxylic acids is 2. The average molecular weight is 688 g/mol. The van der Waals surface area contributed by atoms with Crippen molar-refractivity contribution in [1.29, 1.82) is 0 Å². The first kappa shape index (κ1) is 32.5. The predicted molar refractivity (Wildman–Crippen MR) is 185 cm³/mol. The van der Waals surface area contributed by atoms with Crippen LogP contribution in [0, 0.1) is 0 Å². The van der Waals surface area contributed by atoms with Gasteiger partial charge in [-0.2, -0.15) is 0 Å². The molecule has 0 saturated carbocycles. The summed E-state index contributed by atoms with van der Waals surface area (Å²) in [4.78, 5) is 39.4. The number of fused-ring (bicyclic) bond motifs is 2. The van der Waals surface area contributed by atoms with E-state index >= 15 is 4.79 Å². The number of benzene rings is 3. The Hall–Kier alpha value is -4.03. The molecule has 0 N–H and O–H groups in total. The fourth-order valence-corrected chi connectivity index (χ4v) is 9.52. The Kier molecular flexibility index (Phi) is 8.43. The van der Waals surface area contributed by atoms with Crippen LogP contribution < -0.4 is 9.04 Å². The molecular weight excluding hydrogens is 650 g/mol. The lowest BCUT2D eigenvalue weighted by Crippen LogP contribution is -2.59. The zero-order chi connectivity index (χ0) is 33.8. The quantitative estimate of drug-likeness (QED) is 0.254. The van der Waals surface area contributed by atoms with Gasteiger partial charge in [0.25, 0.3) is 15.9 Å². The van der Waals surface area contributed by atoms with Crippen molar-refractivity contribution in [3.05, 3.63) is 94.6 Å². The van der Waals surface area contributed by atoms with Crippen molar-refractivity contribution in [1.82, 2.24) is 19.7 Å². The van der Waals surface area contributed by atoms with Crippen LogP contribution in [0.1, 0.15) is 42.4 Å². The molecular formula is C36H38ClN5O5S. The standard InChI is InChI=1S/C36H38ClN5O5S/c1-39(2)34(43)30-11-8-20-41(30)36(27-15-13-24(21-31(27)47-3)23-40-18-4-5-19-40)28-22-26(37)14-16-29(28)42(35(36)44)48(45,46)32-12-6-9-25-10-7-17-38-33(25)32/h6-7,9-10,12-17,21-22,30H,4-5,8,11,18-20,23H2,1-3H3/t30-,36?/m0/s1. The fourth-order valence-electron chi connectivity index (χ4n) is 7.72. The van der Waals surface area contributed by atoms with Crippen LogP contribution in [0.5, 0.6) is 5.75 Å². The van der Waals surface area contributed by atoms with E-state index in [1.54, 1.807) is 63.7 Å². The number of halogens is 1. The number of nitrogens with zero attached hydrogens (tertiary/aromatic N) is 5. The number of likely N-dealkylation sites (N-methyl/N-ethyl adjacent to an activating group) is 1. The third-order valence-corrected chi connectivity index (χ3v) is 11.8. The molecule has 48 heavy (non-hydrogen) atoms. The lowest BCUT2D eigenvalue weighted by Gasteiger charge is -2.42. The lowest BCUT2D eigenvalue weighted by atomic mass is 9.80. The van der Waals surface area contributed by atoms with Crippen molar-refractivity contribution in [3.63, 3.8) is 0 Å². The van der Waals surface area contributed by atoms with E-state index in [1.807, 2.05) is 23.1 Å². The number of aromatic nitrogens is 1. The van der Waals surface area contributed by atoms with Crippen LogP contribution in [-0.2, 0) is 31.7 Å². The molecule has 0 spiro atoms. The van der Waals surface area contributed by atoms with Crippen molar-refractivity contribution in [3.8, 4) is 5.75 Å². The summed E-state index contributed by atoms with van der Waals surface area (Å²) < 4.78 is 36.7. The second kappa shape index (κ2) is 12.5. The molecule has 1 unspecified atom stereocenters. The molecule has 7 rings (SSSR count). The van der Waals surface area contributed by atoms with Crippen molar-refractivity contribution in [2.24, 2.45) is 0 Å². The van der Waals surface area contributed by atoms with Gasteiger partial charge in [0.05, 0.1) is 24.4 Å². The van der Waals surface area contributed by atoms with Gasteiger partial charge in [-0.05, 0) is 80.7 Å². The van der Waals surface area contributed by atoms with Crippen LogP contribution in [0.2, 0.25) is 5.02 Å². The largest absolute Gasteiger partial charge is 0.496 e. The molecule has 3 aromatic carbocycles. The summed E-state index contributed by atoms with van der Waals surface area (Å²) >= 11 is 6.67. The van der Waals surface area contributed by atoms with Crippen LogP contribution in [0.4, 0.5) is 5.69 Å². The number of amides is 2. The third-order valence-electron chi connectivity index (χ3n) is 9.85. The van der Waals surface area contributed by atoms with E-state index in [1.165, 1.54) is 17.2 Å². The number of likely N-dealkylation sites (tertiary alicyclic amines) is 2. The molecule has 4 heterocycles. The lowest BCUT2D eigenvalue weighted by molar-refractivity contribution is -0.138. The van der Waals surface area contributed by atoms with Gasteiger partial charge in [0, 0.05) is 54.9 Å². The van der Waals surface area contributed by atoms with Crippen molar-refractivity contribution >= 4 is 50.0 Å². The smallest absolute Gasteiger partial charge is 0.273 e. The van der Waals surface area contributed by atoms with Gasteiger partial charge < -0.3 is 9.64 Å². The average Bonchev–Trinajstić information content (AvgIpc) is 3.83. The highest BCUT2D eigenvalue weighted by Crippen LogP contribution is 2.55. The minimum atomic E-state index is -4.54. The van der Waals surface area contributed by atoms with Crippen molar-refractivity contribution < 1.29 is 22.7 Å². The van der Waals surface area contributed by atoms with Gasteiger partial charge in [-0.15, -0.1) is 0 Å². The van der Waals surface area contributed by atoms with E-state index in [4.69, 9.17) is 16.3 Å². The van der Waals surface area contributed by atoms with Gasteiger partial charge in [0.1, 0.15) is 10.6 Å². The number of hydrogen-bond donors (Lipinski definition) is 0. The molecule has 12 heteroatoms. The van der Waals surface area contributed by atoms with E-state index in [9.17, 15) is 13.2 Å². The second-order valence-electron chi connectivity index (χ2n) is 12.9. The SMILES string of the molecule is COc1cc(CN2CCCC2)ccc1C1(N2CCC[C@H]2C(=O)N(C)C)C(=O)N(S(=O)(=O)c2cccc3cccnc23)c2ccc(Cl)cc21. The number of methoxy groups -OCH3 is 1. The molecule has 0 aliphatic carbocycles. The van der Waals surface area contributed by atoms with Gasteiger partial charge in [-0.1, -0.05) is 41.9 Å².